The van der Waals surface area contributed by atoms with Gasteiger partial charge in [0.15, 0.2) is 0 Å². The molecule has 0 radical (unpaired) electrons. The van der Waals surface area contributed by atoms with Crippen LogP contribution in [0.5, 0.6) is 0 Å². The third-order valence-electron chi connectivity index (χ3n) is 3.38. The van der Waals surface area contributed by atoms with E-state index in [2.05, 4.69) is 4.98 Å². The third-order valence-corrected chi connectivity index (χ3v) is 3.38. The first kappa shape index (κ1) is 13.4. The van der Waals surface area contributed by atoms with Gasteiger partial charge in [0.1, 0.15) is 11.6 Å². The molecule has 0 aliphatic rings. The molecule has 2 aromatic carbocycles. The standard InChI is InChI=1S/C18H14FNO/c19-17-7-3-1-6-14(17)11-16(21)12-15-10-9-13-5-2-4-8-18(13)20-15/h1-10H,11-12H2. The Kier molecular flexibility index (Phi) is 3.73. The fourth-order valence-corrected chi connectivity index (χ4v) is 2.33. The molecule has 0 aliphatic heterocycles. The van der Waals surface area contributed by atoms with Crippen LogP contribution in [0.15, 0.2) is 60.7 Å². The summed E-state index contributed by atoms with van der Waals surface area (Å²) in [6.07, 6.45) is 0.320. The second-order valence-electron chi connectivity index (χ2n) is 4.98. The molecule has 0 spiro atoms. The van der Waals surface area contributed by atoms with Crippen molar-refractivity contribution in [2.45, 2.75) is 12.8 Å². The summed E-state index contributed by atoms with van der Waals surface area (Å²) in [4.78, 5) is 16.5. The topological polar surface area (TPSA) is 30.0 Å². The van der Waals surface area contributed by atoms with Crippen molar-refractivity contribution in [3.8, 4) is 0 Å². The molecule has 3 rings (SSSR count). The number of Topliss-reactive ketones (excluding diaryl/α,β-unsaturated/α-hetero) is 1. The number of benzene rings is 2. The number of nitrogens with zero attached hydrogens (tertiary/aromatic N) is 1. The average molecular weight is 279 g/mol. The molecular formula is C18H14FNO. The summed E-state index contributed by atoms with van der Waals surface area (Å²) in [6.45, 7) is 0. The van der Waals surface area contributed by atoms with Crippen LogP contribution in [0.4, 0.5) is 4.39 Å². The molecule has 0 unspecified atom stereocenters. The number of fused-ring (bicyclic) bond motifs is 1. The fraction of sp³-hybridized carbons (Fsp3) is 0.111. The Morgan fingerprint density at radius 1 is 0.905 bits per heavy atom. The molecule has 0 saturated heterocycles. The van der Waals surface area contributed by atoms with Crippen molar-refractivity contribution in [3.05, 3.63) is 77.7 Å². The zero-order valence-electron chi connectivity index (χ0n) is 11.4. The average Bonchev–Trinajstić information content (AvgIpc) is 2.49. The molecule has 1 aromatic heterocycles. The molecule has 0 bridgehead atoms. The van der Waals surface area contributed by atoms with Crippen molar-refractivity contribution in [3.63, 3.8) is 0 Å². The molecule has 0 amide bonds. The van der Waals surface area contributed by atoms with E-state index in [4.69, 9.17) is 0 Å². The summed E-state index contributed by atoms with van der Waals surface area (Å²) in [6, 6.07) is 17.9. The normalized spacial score (nSPS) is 10.7. The van der Waals surface area contributed by atoms with Crippen LogP contribution in [-0.4, -0.2) is 10.8 Å². The van der Waals surface area contributed by atoms with E-state index >= 15 is 0 Å². The van der Waals surface area contributed by atoms with E-state index in [1.54, 1.807) is 18.2 Å². The lowest BCUT2D eigenvalue weighted by Crippen LogP contribution is -2.09. The monoisotopic (exact) mass is 279 g/mol. The van der Waals surface area contributed by atoms with E-state index in [9.17, 15) is 9.18 Å². The van der Waals surface area contributed by atoms with Crippen molar-refractivity contribution in [2.75, 3.05) is 0 Å². The Morgan fingerprint density at radius 3 is 2.52 bits per heavy atom. The second-order valence-corrected chi connectivity index (χ2v) is 4.98. The Balaban J connectivity index is 1.75. The molecule has 0 N–H and O–H groups in total. The van der Waals surface area contributed by atoms with E-state index in [0.29, 0.717) is 5.56 Å². The highest BCUT2D eigenvalue weighted by Crippen LogP contribution is 2.13. The van der Waals surface area contributed by atoms with E-state index in [1.165, 1.54) is 6.07 Å². The second kappa shape index (κ2) is 5.83. The smallest absolute Gasteiger partial charge is 0.143 e. The molecule has 0 fully saturated rings. The van der Waals surface area contributed by atoms with E-state index in [-0.39, 0.29) is 24.4 Å². The van der Waals surface area contributed by atoms with Crippen LogP contribution in [-0.2, 0) is 17.6 Å². The SMILES string of the molecule is O=C(Cc1ccc2ccccc2n1)Cc1ccccc1F. The maximum absolute atomic E-state index is 13.5. The number of halogens is 1. The number of aromatic nitrogens is 1. The number of ketones is 1. The number of carbonyl (C=O) groups excluding carboxylic acids is 1. The Labute approximate surface area is 122 Å². The van der Waals surface area contributed by atoms with Gasteiger partial charge in [-0.1, -0.05) is 42.5 Å². The summed E-state index contributed by atoms with van der Waals surface area (Å²) in [5.41, 5.74) is 2.02. The lowest BCUT2D eigenvalue weighted by molar-refractivity contribution is -0.117. The number of hydrogen-bond donors (Lipinski definition) is 0. The van der Waals surface area contributed by atoms with Crippen LogP contribution in [0.25, 0.3) is 10.9 Å². The van der Waals surface area contributed by atoms with E-state index < -0.39 is 0 Å². The van der Waals surface area contributed by atoms with Crippen molar-refractivity contribution in [1.29, 1.82) is 0 Å². The highest BCUT2D eigenvalue weighted by Gasteiger charge is 2.09. The minimum absolute atomic E-state index is 0.0390. The molecule has 0 atom stereocenters. The van der Waals surface area contributed by atoms with Crippen molar-refractivity contribution >= 4 is 16.7 Å². The summed E-state index contributed by atoms with van der Waals surface area (Å²) in [5.74, 6) is -0.375. The van der Waals surface area contributed by atoms with Gasteiger partial charge in [0.05, 0.1) is 5.52 Å². The fourth-order valence-electron chi connectivity index (χ4n) is 2.33. The van der Waals surface area contributed by atoms with Crippen LogP contribution in [0.3, 0.4) is 0 Å². The van der Waals surface area contributed by atoms with Crippen LogP contribution < -0.4 is 0 Å². The van der Waals surface area contributed by atoms with E-state index in [0.717, 1.165) is 16.6 Å². The lowest BCUT2D eigenvalue weighted by Gasteiger charge is -2.04. The number of rotatable bonds is 4. The first-order chi connectivity index (χ1) is 10.2. The van der Waals surface area contributed by atoms with Crippen LogP contribution in [0.1, 0.15) is 11.3 Å². The summed E-state index contributed by atoms with van der Waals surface area (Å²) in [7, 11) is 0. The zero-order chi connectivity index (χ0) is 14.7. The number of hydrogen-bond acceptors (Lipinski definition) is 2. The van der Waals surface area contributed by atoms with Gasteiger partial charge in [-0.25, -0.2) is 4.39 Å². The highest BCUT2D eigenvalue weighted by molar-refractivity contribution is 5.84. The summed E-state index contributed by atoms with van der Waals surface area (Å²) < 4.78 is 13.5. The zero-order valence-corrected chi connectivity index (χ0v) is 11.4. The largest absolute Gasteiger partial charge is 0.299 e. The Morgan fingerprint density at radius 2 is 1.67 bits per heavy atom. The quantitative estimate of drug-likeness (QED) is 0.728. The maximum atomic E-state index is 13.5. The number of carbonyl (C=O) groups is 1. The van der Waals surface area contributed by atoms with Crippen LogP contribution in [0.2, 0.25) is 0 Å². The van der Waals surface area contributed by atoms with Gasteiger partial charge in [-0.2, -0.15) is 0 Å². The molecule has 3 aromatic rings. The molecule has 2 nitrogen and oxygen atoms in total. The molecule has 1 heterocycles. The van der Waals surface area contributed by atoms with Gasteiger partial charge in [0, 0.05) is 23.9 Å². The van der Waals surface area contributed by atoms with Gasteiger partial charge in [0.25, 0.3) is 0 Å². The van der Waals surface area contributed by atoms with Gasteiger partial charge in [-0.15, -0.1) is 0 Å². The van der Waals surface area contributed by atoms with Gasteiger partial charge in [-0.05, 0) is 23.8 Å². The molecule has 3 heteroatoms. The predicted octanol–water partition coefficient (Wildman–Crippen LogP) is 3.73. The first-order valence-corrected chi connectivity index (χ1v) is 6.82. The Hall–Kier alpha value is -2.55. The van der Waals surface area contributed by atoms with Gasteiger partial charge >= 0.3 is 0 Å². The van der Waals surface area contributed by atoms with Gasteiger partial charge in [0.2, 0.25) is 0 Å². The molecule has 0 saturated carbocycles. The number of pyridine rings is 1. The maximum Gasteiger partial charge on any atom is 0.143 e. The highest BCUT2D eigenvalue weighted by atomic mass is 19.1. The lowest BCUT2D eigenvalue weighted by atomic mass is 10.0. The van der Waals surface area contributed by atoms with Gasteiger partial charge < -0.3 is 0 Å². The van der Waals surface area contributed by atoms with E-state index in [1.807, 2.05) is 36.4 Å². The summed E-state index contributed by atoms with van der Waals surface area (Å²) >= 11 is 0. The summed E-state index contributed by atoms with van der Waals surface area (Å²) in [5, 5.41) is 1.04. The predicted molar refractivity (Wildman–Crippen MR) is 80.6 cm³/mol. The van der Waals surface area contributed by atoms with Gasteiger partial charge in [-0.3, -0.25) is 9.78 Å². The minimum Gasteiger partial charge on any atom is -0.299 e. The van der Waals surface area contributed by atoms with Crippen LogP contribution >= 0.6 is 0 Å². The molecular weight excluding hydrogens is 265 g/mol. The first-order valence-electron chi connectivity index (χ1n) is 6.82. The Bertz CT molecular complexity index is 798. The molecule has 21 heavy (non-hydrogen) atoms. The van der Waals surface area contributed by atoms with Crippen molar-refractivity contribution < 1.29 is 9.18 Å². The van der Waals surface area contributed by atoms with Crippen molar-refractivity contribution in [1.82, 2.24) is 4.98 Å². The molecule has 0 aliphatic carbocycles. The van der Waals surface area contributed by atoms with Crippen LogP contribution in [0, 0.1) is 5.82 Å². The van der Waals surface area contributed by atoms with Crippen molar-refractivity contribution in [2.24, 2.45) is 0 Å². The number of para-hydroxylation sites is 1. The third kappa shape index (κ3) is 3.14. The molecule has 104 valence electrons. The minimum atomic E-state index is -0.336.